The smallest absolute Gasteiger partial charge is 0.137 e. The summed E-state index contributed by atoms with van der Waals surface area (Å²) in [5.74, 6) is 0.445. The van der Waals surface area contributed by atoms with E-state index in [1.165, 1.54) is 32.1 Å². The number of hydrogen-bond acceptors (Lipinski definition) is 5. The van der Waals surface area contributed by atoms with Crippen molar-refractivity contribution in [1.82, 2.24) is 0 Å². The molecule has 1 aliphatic carbocycles. The Morgan fingerprint density at radius 3 is 2.04 bits per heavy atom. The van der Waals surface area contributed by atoms with E-state index in [0.29, 0.717) is 51.3 Å². The highest BCUT2D eigenvalue weighted by atomic mass is 16.5. The van der Waals surface area contributed by atoms with Crippen LogP contribution in [0, 0.1) is 5.92 Å². The number of hydrogen-bond donors (Lipinski definition) is 1. The first-order valence-electron chi connectivity index (χ1n) is 9.95. The highest BCUT2D eigenvalue weighted by molar-refractivity contribution is 5.80. The third kappa shape index (κ3) is 16.7. The molecule has 1 unspecified atom stereocenters. The van der Waals surface area contributed by atoms with Crippen LogP contribution in [0.1, 0.15) is 72.6 Å². The van der Waals surface area contributed by atoms with Gasteiger partial charge in [0.05, 0.1) is 39.1 Å². The molecule has 0 bridgehead atoms. The molecule has 0 aromatic heterocycles. The standard InChI is InChI=1S/C17H32O4.C3H8O/c1-3-15(2)17(18)9-10-19-11-12-20-13-14-21-16-7-5-4-6-8-16;1-3(2)4/h15-16H,3-14H2,1-2H3;3-4H,1-2H3. The Hall–Kier alpha value is -0.490. The van der Waals surface area contributed by atoms with Crippen molar-refractivity contribution >= 4 is 5.78 Å². The Morgan fingerprint density at radius 2 is 1.48 bits per heavy atom. The van der Waals surface area contributed by atoms with E-state index in [0.717, 1.165) is 6.42 Å². The average molecular weight is 361 g/mol. The molecule has 0 aromatic carbocycles. The van der Waals surface area contributed by atoms with Crippen molar-refractivity contribution in [3.63, 3.8) is 0 Å². The predicted octanol–water partition coefficient (Wildman–Crippen LogP) is 3.76. The molecule has 1 saturated carbocycles. The number of rotatable bonds is 12. The van der Waals surface area contributed by atoms with Gasteiger partial charge in [-0.2, -0.15) is 0 Å². The SMILES string of the molecule is CC(C)O.CCC(C)C(=O)CCOCCOCCOC1CCCCC1. The number of ether oxygens (including phenoxy) is 3. The predicted molar refractivity (Wildman–Crippen MR) is 101 cm³/mol. The van der Waals surface area contributed by atoms with E-state index >= 15 is 0 Å². The third-order valence-electron chi connectivity index (χ3n) is 4.16. The zero-order valence-corrected chi connectivity index (χ0v) is 16.8. The Kier molecular flexibility index (Phi) is 16.6. The third-order valence-corrected chi connectivity index (χ3v) is 4.16. The van der Waals surface area contributed by atoms with Gasteiger partial charge in [0.25, 0.3) is 0 Å². The normalized spacial score (nSPS) is 16.4. The summed E-state index contributed by atoms with van der Waals surface area (Å²) in [4.78, 5) is 11.6. The van der Waals surface area contributed by atoms with Crippen LogP contribution in [0.2, 0.25) is 0 Å². The molecule has 150 valence electrons. The molecule has 1 fully saturated rings. The van der Waals surface area contributed by atoms with E-state index in [-0.39, 0.29) is 12.0 Å². The molecule has 5 heteroatoms. The zero-order chi connectivity index (χ0) is 18.9. The molecule has 5 nitrogen and oxygen atoms in total. The highest BCUT2D eigenvalue weighted by Crippen LogP contribution is 2.19. The lowest BCUT2D eigenvalue weighted by Crippen LogP contribution is -2.19. The monoisotopic (exact) mass is 360 g/mol. The molecule has 0 radical (unpaired) electrons. The van der Waals surface area contributed by atoms with Gasteiger partial charge in [-0.25, -0.2) is 0 Å². The molecule has 0 aliphatic heterocycles. The Balaban J connectivity index is 0.00000129. The number of carbonyl (C=O) groups is 1. The quantitative estimate of drug-likeness (QED) is 0.537. The molecule has 1 atom stereocenters. The van der Waals surface area contributed by atoms with Gasteiger partial charge in [0.1, 0.15) is 5.78 Å². The first-order valence-corrected chi connectivity index (χ1v) is 9.95. The van der Waals surface area contributed by atoms with E-state index in [9.17, 15) is 4.79 Å². The number of carbonyl (C=O) groups excluding carboxylic acids is 1. The van der Waals surface area contributed by atoms with Crippen LogP contribution >= 0.6 is 0 Å². The van der Waals surface area contributed by atoms with Gasteiger partial charge >= 0.3 is 0 Å². The molecule has 0 spiro atoms. The van der Waals surface area contributed by atoms with E-state index in [2.05, 4.69) is 0 Å². The topological polar surface area (TPSA) is 65.0 Å². The van der Waals surface area contributed by atoms with Gasteiger partial charge < -0.3 is 19.3 Å². The molecule has 1 aliphatic rings. The Bertz CT molecular complexity index is 298. The lowest BCUT2D eigenvalue weighted by atomic mass is 9.98. The molecule has 0 aromatic rings. The molecule has 1 rings (SSSR count). The largest absolute Gasteiger partial charge is 0.394 e. The van der Waals surface area contributed by atoms with Crippen molar-refractivity contribution in [1.29, 1.82) is 0 Å². The Labute approximate surface area is 154 Å². The number of aliphatic hydroxyl groups excluding tert-OH is 1. The van der Waals surface area contributed by atoms with Crippen LogP contribution in [0.25, 0.3) is 0 Å². The van der Waals surface area contributed by atoms with Crippen LogP contribution in [0.5, 0.6) is 0 Å². The minimum Gasteiger partial charge on any atom is -0.394 e. The van der Waals surface area contributed by atoms with Crippen LogP contribution < -0.4 is 0 Å². The van der Waals surface area contributed by atoms with Crippen LogP contribution in [0.4, 0.5) is 0 Å². The van der Waals surface area contributed by atoms with E-state index < -0.39 is 0 Å². The number of Topliss-reactive ketones (excluding diaryl/α,β-unsaturated/α-hetero) is 1. The van der Waals surface area contributed by atoms with Crippen molar-refractivity contribution in [3.8, 4) is 0 Å². The van der Waals surface area contributed by atoms with Crippen molar-refractivity contribution in [3.05, 3.63) is 0 Å². The van der Waals surface area contributed by atoms with Gasteiger partial charge in [-0.05, 0) is 33.1 Å². The van der Waals surface area contributed by atoms with Gasteiger partial charge in [-0.3, -0.25) is 4.79 Å². The fourth-order valence-electron chi connectivity index (χ4n) is 2.47. The van der Waals surface area contributed by atoms with Gasteiger partial charge in [-0.15, -0.1) is 0 Å². The minimum atomic E-state index is -0.167. The minimum absolute atomic E-state index is 0.154. The van der Waals surface area contributed by atoms with E-state index in [4.69, 9.17) is 19.3 Å². The molecule has 25 heavy (non-hydrogen) atoms. The molecular weight excluding hydrogens is 320 g/mol. The van der Waals surface area contributed by atoms with E-state index in [1.54, 1.807) is 13.8 Å². The maximum atomic E-state index is 11.6. The van der Waals surface area contributed by atoms with E-state index in [1.807, 2.05) is 13.8 Å². The zero-order valence-electron chi connectivity index (χ0n) is 16.8. The second kappa shape index (κ2) is 17.0. The molecule has 1 N–H and O–H groups in total. The van der Waals surface area contributed by atoms with Crippen LogP contribution in [-0.4, -0.2) is 56.1 Å². The van der Waals surface area contributed by atoms with Gasteiger partial charge in [0.2, 0.25) is 0 Å². The second-order valence-corrected chi connectivity index (χ2v) is 6.97. The summed E-state index contributed by atoms with van der Waals surface area (Å²) in [7, 11) is 0. The summed E-state index contributed by atoms with van der Waals surface area (Å²) in [5.41, 5.74) is 0. The Morgan fingerprint density at radius 1 is 0.960 bits per heavy atom. The lowest BCUT2D eigenvalue weighted by Gasteiger charge is -2.21. The number of aliphatic hydroxyl groups is 1. The molecule has 0 amide bonds. The maximum absolute atomic E-state index is 11.6. The van der Waals surface area contributed by atoms with Gasteiger partial charge in [-0.1, -0.05) is 33.1 Å². The van der Waals surface area contributed by atoms with Crippen molar-refractivity contribution in [2.75, 3.05) is 33.0 Å². The van der Waals surface area contributed by atoms with Crippen LogP contribution in [0.3, 0.4) is 0 Å². The highest BCUT2D eigenvalue weighted by Gasteiger charge is 2.13. The van der Waals surface area contributed by atoms with Gasteiger partial charge in [0.15, 0.2) is 0 Å². The second-order valence-electron chi connectivity index (χ2n) is 6.97. The first-order chi connectivity index (χ1) is 12.0. The summed E-state index contributed by atoms with van der Waals surface area (Å²) in [5, 5.41) is 8.06. The molecule has 0 saturated heterocycles. The molecule has 0 heterocycles. The lowest BCUT2D eigenvalue weighted by molar-refractivity contribution is -0.123. The number of ketones is 1. The summed E-state index contributed by atoms with van der Waals surface area (Å²) < 4.78 is 16.6. The van der Waals surface area contributed by atoms with Gasteiger partial charge in [0, 0.05) is 18.4 Å². The molecular formula is C20H40O5. The van der Waals surface area contributed by atoms with Crippen molar-refractivity contribution in [2.24, 2.45) is 5.92 Å². The van der Waals surface area contributed by atoms with Crippen LogP contribution in [-0.2, 0) is 19.0 Å². The maximum Gasteiger partial charge on any atom is 0.137 e. The summed E-state index contributed by atoms with van der Waals surface area (Å²) in [6, 6.07) is 0. The fraction of sp³-hybridized carbons (Fsp3) is 0.950. The van der Waals surface area contributed by atoms with Crippen molar-refractivity contribution < 1.29 is 24.1 Å². The first kappa shape index (κ1) is 24.5. The van der Waals surface area contributed by atoms with Crippen LogP contribution in [0.15, 0.2) is 0 Å². The average Bonchev–Trinajstić information content (AvgIpc) is 2.59. The fourth-order valence-corrected chi connectivity index (χ4v) is 2.47. The van der Waals surface area contributed by atoms with Crippen molar-refractivity contribution in [2.45, 2.75) is 84.8 Å². The summed E-state index contributed by atoms with van der Waals surface area (Å²) in [6.07, 6.45) is 8.06. The summed E-state index contributed by atoms with van der Waals surface area (Å²) in [6.45, 7) is 10.4. The summed E-state index contributed by atoms with van der Waals surface area (Å²) >= 11 is 0.